The normalized spacial score (nSPS) is 19.8. The predicted octanol–water partition coefficient (Wildman–Crippen LogP) is 2.00. The van der Waals surface area contributed by atoms with Crippen molar-refractivity contribution in [3.8, 4) is 0 Å². The third kappa shape index (κ3) is 4.61. The van der Waals surface area contributed by atoms with Crippen molar-refractivity contribution in [2.45, 2.75) is 31.5 Å². The number of carbonyl (C=O) groups excluding carboxylic acids is 2. The van der Waals surface area contributed by atoms with Gasteiger partial charge in [0.2, 0.25) is 5.91 Å². The number of amides is 3. The SMILES string of the molecule is CCNC(=O)CNC(=O)N[C@@H]1C[C@@H]1c1ccccc1C(F)(F)F. The molecule has 0 bridgehead atoms. The summed E-state index contributed by atoms with van der Waals surface area (Å²) < 4.78 is 38.9. The van der Waals surface area contributed by atoms with Gasteiger partial charge < -0.3 is 16.0 Å². The Balaban J connectivity index is 1.89. The summed E-state index contributed by atoms with van der Waals surface area (Å²) in [6.07, 6.45) is -3.97. The van der Waals surface area contributed by atoms with Crippen LogP contribution in [0.4, 0.5) is 18.0 Å². The average molecular weight is 329 g/mol. The van der Waals surface area contributed by atoms with Gasteiger partial charge in [0, 0.05) is 18.5 Å². The lowest BCUT2D eigenvalue weighted by atomic mass is 10.0. The van der Waals surface area contributed by atoms with Gasteiger partial charge >= 0.3 is 12.2 Å². The van der Waals surface area contributed by atoms with E-state index < -0.39 is 17.8 Å². The van der Waals surface area contributed by atoms with Crippen LogP contribution in [-0.2, 0) is 11.0 Å². The quantitative estimate of drug-likeness (QED) is 0.773. The second-order valence-electron chi connectivity index (χ2n) is 5.31. The Morgan fingerprint density at radius 3 is 2.57 bits per heavy atom. The van der Waals surface area contributed by atoms with Crippen molar-refractivity contribution < 1.29 is 22.8 Å². The van der Waals surface area contributed by atoms with Crippen LogP contribution in [0.2, 0.25) is 0 Å². The molecule has 0 saturated heterocycles. The van der Waals surface area contributed by atoms with Crippen LogP contribution in [-0.4, -0.2) is 31.1 Å². The monoisotopic (exact) mass is 329 g/mol. The molecule has 0 aliphatic heterocycles. The number of alkyl halides is 3. The highest BCUT2D eigenvalue weighted by Crippen LogP contribution is 2.45. The summed E-state index contributed by atoms with van der Waals surface area (Å²) >= 11 is 0. The van der Waals surface area contributed by atoms with Crippen LogP contribution in [0, 0.1) is 0 Å². The van der Waals surface area contributed by atoms with Crippen molar-refractivity contribution in [3.05, 3.63) is 35.4 Å². The van der Waals surface area contributed by atoms with Gasteiger partial charge in [-0.2, -0.15) is 13.2 Å². The number of carbonyl (C=O) groups is 2. The number of hydrogen-bond acceptors (Lipinski definition) is 2. The van der Waals surface area contributed by atoms with Crippen molar-refractivity contribution in [1.82, 2.24) is 16.0 Å². The maximum atomic E-state index is 13.0. The number of halogens is 3. The van der Waals surface area contributed by atoms with Crippen molar-refractivity contribution in [3.63, 3.8) is 0 Å². The second-order valence-corrected chi connectivity index (χ2v) is 5.31. The number of nitrogens with one attached hydrogen (secondary N) is 3. The van der Waals surface area contributed by atoms with Crippen molar-refractivity contribution in [1.29, 1.82) is 0 Å². The van der Waals surface area contributed by atoms with Crippen LogP contribution >= 0.6 is 0 Å². The zero-order valence-corrected chi connectivity index (χ0v) is 12.5. The summed E-state index contributed by atoms with van der Waals surface area (Å²) in [5.74, 6) is -0.680. The molecule has 3 N–H and O–H groups in total. The first-order chi connectivity index (χ1) is 10.8. The number of likely N-dealkylation sites (N-methyl/N-ethyl adjacent to an activating group) is 1. The first-order valence-electron chi connectivity index (χ1n) is 7.30. The van der Waals surface area contributed by atoms with E-state index in [0.717, 1.165) is 6.07 Å². The van der Waals surface area contributed by atoms with E-state index in [1.54, 1.807) is 13.0 Å². The number of rotatable bonds is 5. The van der Waals surface area contributed by atoms with Crippen LogP contribution in [0.25, 0.3) is 0 Å². The summed E-state index contributed by atoms with van der Waals surface area (Å²) in [5.41, 5.74) is -0.481. The van der Waals surface area contributed by atoms with Gasteiger partial charge in [0.25, 0.3) is 0 Å². The van der Waals surface area contributed by atoms with Gasteiger partial charge in [0.05, 0.1) is 12.1 Å². The molecule has 1 aliphatic carbocycles. The van der Waals surface area contributed by atoms with E-state index in [0.29, 0.717) is 13.0 Å². The fraction of sp³-hybridized carbons (Fsp3) is 0.467. The standard InChI is InChI=1S/C15H18F3N3O2/c1-2-19-13(22)8-20-14(23)21-12-7-10(12)9-5-3-4-6-11(9)15(16,17)18/h3-6,10,12H,2,7-8H2,1H3,(H,19,22)(H2,20,21,23)/t10-,12-/m1/s1. The number of urea groups is 1. The molecular weight excluding hydrogens is 311 g/mol. The lowest BCUT2D eigenvalue weighted by molar-refractivity contribution is -0.138. The van der Waals surface area contributed by atoms with Crippen molar-refractivity contribution in [2.75, 3.05) is 13.1 Å². The molecule has 1 fully saturated rings. The summed E-state index contributed by atoms with van der Waals surface area (Å²) in [6.45, 7) is 2.04. The molecule has 2 atom stereocenters. The van der Waals surface area contributed by atoms with E-state index in [9.17, 15) is 22.8 Å². The first kappa shape index (κ1) is 17.1. The molecule has 23 heavy (non-hydrogen) atoms. The number of hydrogen-bond donors (Lipinski definition) is 3. The molecule has 0 heterocycles. The Kier molecular flexibility index (Phi) is 5.12. The van der Waals surface area contributed by atoms with Crippen molar-refractivity contribution in [2.24, 2.45) is 0 Å². The van der Waals surface area contributed by atoms with Crippen molar-refractivity contribution >= 4 is 11.9 Å². The molecule has 1 aromatic rings. The van der Waals surface area contributed by atoms with Crippen LogP contribution < -0.4 is 16.0 Å². The molecule has 0 spiro atoms. The molecule has 3 amide bonds. The Morgan fingerprint density at radius 1 is 1.22 bits per heavy atom. The molecule has 5 nitrogen and oxygen atoms in total. The van der Waals surface area contributed by atoms with Gasteiger partial charge in [0.1, 0.15) is 0 Å². The van der Waals surface area contributed by atoms with Crippen LogP contribution in [0.3, 0.4) is 0 Å². The Morgan fingerprint density at radius 2 is 1.91 bits per heavy atom. The van der Waals surface area contributed by atoms with Gasteiger partial charge in [0.15, 0.2) is 0 Å². The molecular formula is C15H18F3N3O2. The predicted molar refractivity (Wildman–Crippen MR) is 77.8 cm³/mol. The highest BCUT2D eigenvalue weighted by Gasteiger charge is 2.44. The highest BCUT2D eigenvalue weighted by molar-refractivity contribution is 5.84. The molecule has 126 valence electrons. The van der Waals surface area contributed by atoms with E-state index in [4.69, 9.17) is 0 Å². The minimum atomic E-state index is -4.41. The van der Waals surface area contributed by atoms with E-state index in [-0.39, 0.29) is 30.0 Å². The van der Waals surface area contributed by atoms with E-state index in [1.165, 1.54) is 12.1 Å². The summed E-state index contributed by atoms with van der Waals surface area (Å²) in [5, 5.41) is 7.47. The zero-order valence-electron chi connectivity index (χ0n) is 12.5. The molecule has 2 rings (SSSR count). The Labute approximate surface area is 131 Å². The minimum absolute atomic E-state index is 0.170. The zero-order chi connectivity index (χ0) is 17.0. The molecule has 1 saturated carbocycles. The largest absolute Gasteiger partial charge is 0.416 e. The summed E-state index contributed by atoms with van der Waals surface area (Å²) in [4.78, 5) is 22.8. The van der Waals surface area contributed by atoms with Gasteiger partial charge in [-0.05, 0) is 25.0 Å². The molecule has 0 unspecified atom stereocenters. The number of benzene rings is 1. The van der Waals surface area contributed by atoms with Crippen LogP contribution in [0.15, 0.2) is 24.3 Å². The van der Waals surface area contributed by atoms with Gasteiger partial charge in [-0.1, -0.05) is 18.2 Å². The fourth-order valence-corrected chi connectivity index (χ4v) is 2.42. The third-order valence-corrected chi connectivity index (χ3v) is 3.56. The fourth-order valence-electron chi connectivity index (χ4n) is 2.42. The smallest absolute Gasteiger partial charge is 0.355 e. The summed E-state index contributed by atoms with van der Waals surface area (Å²) in [7, 11) is 0. The summed E-state index contributed by atoms with van der Waals surface area (Å²) in [6, 6.07) is 4.45. The molecule has 1 aromatic carbocycles. The van der Waals surface area contributed by atoms with E-state index >= 15 is 0 Å². The Bertz CT molecular complexity index is 590. The van der Waals surface area contributed by atoms with Crippen LogP contribution in [0.1, 0.15) is 30.4 Å². The second kappa shape index (κ2) is 6.89. The lowest BCUT2D eigenvalue weighted by Crippen LogP contribution is -2.43. The molecule has 1 aliphatic rings. The topological polar surface area (TPSA) is 70.2 Å². The van der Waals surface area contributed by atoms with E-state index in [1.807, 2.05) is 0 Å². The van der Waals surface area contributed by atoms with Crippen LogP contribution in [0.5, 0.6) is 0 Å². The maximum Gasteiger partial charge on any atom is 0.416 e. The molecule has 8 heteroatoms. The van der Waals surface area contributed by atoms with Gasteiger partial charge in [-0.25, -0.2) is 4.79 Å². The first-order valence-corrected chi connectivity index (χ1v) is 7.30. The van der Waals surface area contributed by atoms with Gasteiger partial charge in [-0.15, -0.1) is 0 Å². The third-order valence-electron chi connectivity index (χ3n) is 3.56. The lowest BCUT2D eigenvalue weighted by Gasteiger charge is -2.13. The Hall–Kier alpha value is -2.25. The highest BCUT2D eigenvalue weighted by atomic mass is 19.4. The minimum Gasteiger partial charge on any atom is -0.355 e. The molecule has 0 aromatic heterocycles. The average Bonchev–Trinajstić information content (AvgIpc) is 3.23. The van der Waals surface area contributed by atoms with E-state index in [2.05, 4.69) is 16.0 Å². The maximum absolute atomic E-state index is 13.0. The van der Waals surface area contributed by atoms with Gasteiger partial charge in [-0.3, -0.25) is 4.79 Å². The molecule has 0 radical (unpaired) electrons.